The number of guanidine groups is 1. The van der Waals surface area contributed by atoms with Crippen LogP contribution in [0.4, 0.5) is 10.5 Å². The average Bonchev–Trinajstić information content (AvgIpc) is 2.54. The predicted octanol–water partition coefficient (Wildman–Crippen LogP) is 3.64. The van der Waals surface area contributed by atoms with Crippen molar-refractivity contribution >= 4 is 29.3 Å². The van der Waals surface area contributed by atoms with Crippen molar-refractivity contribution < 1.29 is 4.79 Å². The van der Waals surface area contributed by atoms with Crippen LogP contribution >= 0.6 is 11.6 Å². The highest BCUT2D eigenvalue weighted by Gasteiger charge is 2.01. The number of amides is 2. The molecule has 7 heteroatoms. The van der Waals surface area contributed by atoms with Crippen LogP contribution in [0.3, 0.4) is 0 Å². The van der Waals surface area contributed by atoms with Crippen molar-refractivity contribution in [3.63, 3.8) is 0 Å². The molecule has 1 aromatic carbocycles. The van der Waals surface area contributed by atoms with Crippen molar-refractivity contribution in [3.05, 3.63) is 29.3 Å². The van der Waals surface area contributed by atoms with E-state index in [0.717, 1.165) is 12.8 Å². The quantitative estimate of drug-likeness (QED) is 0.252. The van der Waals surface area contributed by atoms with Gasteiger partial charge in [-0.05, 0) is 30.7 Å². The van der Waals surface area contributed by atoms with Crippen molar-refractivity contribution in [1.29, 1.82) is 0 Å². The summed E-state index contributed by atoms with van der Waals surface area (Å²) in [5.74, 6) is 0.199. The van der Waals surface area contributed by atoms with Crippen LogP contribution in [0, 0.1) is 0 Å². The van der Waals surface area contributed by atoms with Crippen LogP contribution in [-0.2, 0) is 0 Å². The average molecular weight is 340 g/mol. The molecular formula is C16H26ClN5O. The minimum absolute atomic E-state index is 0.199. The van der Waals surface area contributed by atoms with Crippen molar-refractivity contribution in [1.82, 2.24) is 10.9 Å². The van der Waals surface area contributed by atoms with E-state index in [0.29, 0.717) is 17.3 Å². The van der Waals surface area contributed by atoms with Gasteiger partial charge in [0.2, 0.25) is 5.96 Å². The van der Waals surface area contributed by atoms with Crippen molar-refractivity contribution in [2.75, 3.05) is 11.9 Å². The summed E-state index contributed by atoms with van der Waals surface area (Å²) in [5, 5.41) is 3.25. The molecule has 0 aliphatic rings. The van der Waals surface area contributed by atoms with Gasteiger partial charge < -0.3 is 11.1 Å². The van der Waals surface area contributed by atoms with Gasteiger partial charge in [0.05, 0.1) is 0 Å². The molecule has 0 fully saturated rings. The number of nitrogens with two attached hydrogens (primary N) is 1. The SMILES string of the molecule is CCCCCCCCN=C(N)NNC(=O)Nc1ccc(Cl)cc1. The second kappa shape index (κ2) is 11.6. The molecule has 1 aromatic rings. The number of aliphatic imine (C=N–C) groups is 1. The molecule has 0 bridgehead atoms. The van der Waals surface area contributed by atoms with Gasteiger partial charge >= 0.3 is 6.03 Å². The summed E-state index contributed by atoms with van der Waals surface area (Å²) < 4.78 is 0. The molecule has 0 aromatic heterocycles. The van der Waals surface area contributed by atoms with E-state index in [1.807, 2.05) is 0 Å². The number of urea groups is 1. The van der Waals surface area contributed by atoms with E-state index in [-0.39, 0.29) is 5.96 Å². The summed E-state index contributed by atoms with van der Waals surface area (Å²) in [7, 11) is 0. The summed E-state index contributed by atoms with van der Waals surface area (Å²) in [6.07, 6.45) is 7.21. The number of unbranched alkanes of at least 4 members (excludes halogenated alkanes) is 5. The monoisotopic (exact) mass is 339 g/mol. The number of rotatable bonds is 8. The van der Waals surface area contributed by atoms with Crippen LogP contribution in [0.1, 0.15) is 45.4 Å². The maximum Gasteiger partial charge on any atom is 0.337 e. The number of carbonyl (C=O) groups excluding carboxylic acids is 1. The fraction of sp³-hybridized carbons (Fsp3) is 0.500. The zero-order valence-corrected chi connectivity index (χ0v) is 14.3. The molecule has 0 aliphatic heterocycles. The molecule has 23 heavy (non-hydrogen) atoms. The third kappa shape index (κ3) is 9.63. The van der Waals surface area contributed by atoms with Gasteiger partial charge in [0.15, 0.2) is 0 Å². The van der Waals surface area contributed by atoms with E-state index in [4.69, 9.17) is 17.3 Å². The summed E-state index contributed by atoms with van der Waals surface area (Å²) in [6.45, 7) is 2.86. The first-order valence-corrected chi connectivity index (χ1v) is 8.38. The van der Waals surface area contributed by atoms with Gasteiger partial charge in [-0.1, -0.05) is 50.6 Å². The highest BCUT2D eigenvalue weighted by molar-refractivity contribution is 6.30. The Balaban J connectivity index is 2.14. The summed E-state index contributed by atoms with van der Waals surface area (Å²) in [6, 6.07) is 6.38. The first-order chi connectivity index (χ1) is 11.1. The van der Waals surface area contributed by atoms with Crippen LogP contribution in [0.15, 0.2) is 29.3 Å². The molecular weight excluding hydrogens is 314 g/mol. The van der Waals surface area contributed by atoms with Crippen LogP contribution in [0.5, 0.6) is 0 Å². The summed E-state index contributed by atoms with van der Waals surface area (Å²) >= 11 is 5.77. The Bertz CT molecular complexity index is 490. The third-order valence-electron chi connectivity index (χ3n) is 3.20. The summed E-state index contributed by atoms with van der Waals surface area (Å²) in [4.78, 5) is 15.8. The molecule has 0 saturated heterocycles. The topological polar surface area (TPSA) is 91.5 Å². The standard InChI is InChI=1S/C16H26ClN5O/c1-2-3-4-5-6-7-12-19-15(18)21-22-16(23)20-14-10-8-13(17)9-11-14/h8-11H,2-7,12H2,1H3,(H3,18,19,21)(H2,20,22,23). The van der Waals surface area contributed by atoms with Crippen molar-refractivity contribution in [2.24, 2.45) is 10.7 Å². The number of nitrogens with zero attached hydrogens (tertiary/aromatic N) is 1. The van der Waals surface area contributed by atoms with E-state index < -0.39 is 6.03 Å². The van der Waals surface area contributed by atoms with Crippen LogP contribution in [0.25, 0.3) is 0 Å². The van der Waals surface area contributed by atoms with Crippen LogP contribution in [0.2, 0.25) is 5.02 Å². The van der Waals surface area contributed by atoms with E-state index in [1.54, 1.807) is 24.3 Å². The maximum atomic E-state index is 11.7. The number of nitrogens with one attached hydrogen (secondary N) is 3. The normalized spacial score (nSPS) is 11.1. The number of anilines is 1. The van der Waals surface area contributed by atoms with Gasteiger partial charge in [0.25, 0.3) is 0 Å². The Kier molecular flexibility index (Phi) is 9.63. The molecule has 0 atom stereocenters. The molecule has 2 amide bonds. The third-order valence-corrected chi connectivity index (χ3v) is 3.45. The zero-order valence-electron chi connectivity index (χ0n) is 13.6. The zero-order chi connectivity index (χ0) is 16.9. The van der Waals surface area contributed by atoms with E-state index in [9.17, 15) is 4.79 Å². The molecule has 0 spiro atoms. The highest BCUT2D eigenvalue weighted by atomic mass is 35.5. The Morgan fingerprint density at radius 2 is 1.74 bits per heavy atom. The number of benzene rings is 1. The molecule has 0 radical (unpaired) electrons. The lowest BCUT2D eigenvalue weighted by atomic mass is 10.1. The molecule has 6 nitrogen and oxygen atoms in total. The lowest BCUT2D eigenvalue weighted by molar-refractivity contribution is 0.250. The maximum absolute atomic E-state index is 11.7. The molecule has 0 unspecified atom stereocenters. The molecule has 1 rings (SSSR count). The Morgan fingerprint density at radius 1 is 1.09 bits per heavy atom. The number of hydrazine groups is 1. The largest absolute Gasteiger partial charge is 0.369 e. The predicted molar refractivity (Wildman–Crippen MR) is 96.6 cm³/mol. The minimum Gasteiger partial charge on any atom is -0.369 e. The summed E-state index contributed by atoms with van der Waals surface area (Å²) in [5.41, 5.74) is 11.3. The molecule has 0 aliphatic carbocycles. The van der Waals surface area contributed by atoms with Gasteiger partial charge in [-0.15, -0.1) is 0 Å². The smallest absolute Gasteiger partial charge is 0.337 e. The second-order valence-electron chi connectivity index (χ2n) is 5.25. The first-order valence-electron chi connectivity index (χ1n) is 8.00. The Hall–Kier alpha value is -1.95. The van der Waals surface area contributed by atoms with E-state index in [1.165, 1.54) is 25.7 Å². The Labute approximate surface area is 142 Å². The van der Waals surface area contributed by atoms with E-state index in [2.05, 4.69) is 28.1 Å². The second-order valence-corrected chi connectivity index (χ2v) is 5.68. The van der Waals surface area contributed by atoms with Gasteiger partial charge in [-0.2, -0.15) is 0 Å². The molecule has 0 saturated carbocycles. The first kappa shape index (κ1) is 19.1. The van der Waals surface area contributed by atoms with Gasteiger partial charge in [0, 0.05) is 17.3 Å². The fourth-order valence-electron chi connectivity index (χ4n) is 1.95. The van der Waals surface area contributed by atoms with E-state index >= 15 is 0 Å². The molecule has 0 heterocycles. The molecule has 128 valence electrons. The lowest BCUT2D eigenvalue weighted by Crippen LogP contribution is -2.47. The van der Waals surface area contributed by atoms with Crippen molar-refractivity contribution in [3.8, 4) is 0 Å². The number of hydrogen-bond acceptors (Lipinski definition) is 2. The Morgan fingerprint density at radius 3 is 2.43 bits per heavy atom. The number of hydrogen-bond donors (Lipinski definition) is 4. The minimum atomic E-state index is -0.426. The molecule has 5 N–H and O–H groups in total. The highest BCUT2D eigenvalue weighted by Crippen LogP contribution is 2.12. The van der Waals surface area contributed by atoms with Gasteiger partial charge in [-0.3, -0.25) is 10.4 Å². The van der Waals surface area contributed by atoms with Gasteiger partial charge in [-0.25, -0.2) is 10.2 Å². The number of carbonyl (C=O) groups is 1. The van der Waals surface area contributed by atoms with Crippen LogP contribution < -0.4 is 21.9 Å². The lowest BCUT2D eigenvalue weighted by Gasteiger charge is -2.09. The van der Waals surface area contributed by atoms with Crippen molar-refractivity contribution in [2.45, 2.75) is 45.4 Å². The van der Waals surface area contributed by atoms with Gasteiger partial charge in [0.1, 0.15) is 0 Å². The fourth-order valence-corrected chi connectivity index (χ4v) is 2.07. The van der Waals surface area contributed by atoms with Crippen LogP contribution in [-0.4, -0.2) is 18.5 Å². The number of halogens is 1.